The Balaban J connectivity index is 2.10. The van der Waals surface area contributed by atoms with Crippen LogP contribution in [0.25, 0.3) is 0 Å². The van der Waals surface area contributed by atoms with E-state index in [9.17, 15) is 10.2 Å². The van der Waals surface area contributed by atoms with Crippen LogP contribution in [-0.2, 0) is 6.54 Å². The summed E-state index contributed by atoms with van der Waals surface area (Å²) in [6, 6.07) is 12.8. The summed E-state index contributed by atoms with van der Waals surface area (Å²) in [6.45, 7) is 2.55. The minimum atomic E-state index is -0.141. The highest BCUT2D eigenvalue weighted by Gasteiger charge is 2.12. The lowest BCUT2D eigenvalue weighted by atomic mass is 10.0. The van der Waals surface area contributed by atoms with Crippen molar-refractivity contribution in [2.24, 2.45) is 0 Å². The smallest absolute Gasteiger partial charge is 0.117 e. The second kappa shape index (κ2) is 6.75. The fraction of sp³-hybridized carbons (Fsp3) is 0.250. The zero-order valence-corrected chi connectivity index (χ0v) is 12.1. The molecule has 0 heterocycles. The quantitative estimate of drug-likeness (QED) is 0.793. The molecule has 0 aliphatic rings. The zero-order valence-electron chi connectivity index (χ0n) is 11.3. The molecule has 0 amide bonds. The zero-order chi connectivity index (χ0) is 14.5. The Hall–Kier alpha value is -1.55. The van der Waals surface area contributed by atoms with Gasteiger partial charge in [0.05, 0.1) is 12.6 Å². The molecule has 0 fully saturated rings. The topological polar surface area (TPSA) is 52.5 Å². The average Bonchev–Trinajstić information content (AvgIpc) is 2.40. The number of benzene rings is 2. The molecule has 0 saturated heterocycles. The van der Waals surface area contributed by atoms with Crippen LogP contribution in [0.4, 0.5) is 0 Å². The van der Waals surface area contributed by atoms with Gasteiger partial charge in [0.25, 0.3) is 0 Å². The van der Waals surface area contributed by atoms with Crippen LogP contribution < -0.4 is 5.32 Å². The predicted molar refractivity (Wildman–Crippen MR) is 81.0 cm³/mol. The Morgan fingerprint density at radius 1 is 1.20 bits per heavy atom. The largest absolute Gasteiger partial charge is 0.508 e. The summed E-state index contributed by atoms with van der Waals surface area (Å²) in [5.74, 6) is 0.144. The van der Waals surface area contributed by atoms with Gasteiger partial charge in [0.2, 0.25) is 0 Å². The molecule has 3 N–H and O–H groups in total. The van der Waals surface area contributed by atoms with Gasteiger partial charge >= 0.3 is 0 Å². The van der Waals surface area contributed by atoms with Crippen molar-refractivity contribution < 1.29 is 10.2 Å². The molecule has 0 aliphatic carbocycles. The molecular weight excluding hydrogens is 274 g/mol. The molecule has 20 heavy (non-hydrogen) atoms. The number of halogens is 1. The molecule has 0 saturated carbocycles. The van der Waals surface area contributed by atoms with E-state index in [0.29, 0.717) is 11.6 Å². The van der Waals surface area contributed by atoms with Gasteiger partial charge in [-0.25, -0.2) is 0 Å². The van der Waals surface area contributed by atoms with Crippen LogP contribution in [-0.4, -0.2) is 16.8 Å². The fourth-order valence-corrected chi connectivity index (χ4v) is 2.48. The first-order valence-electron chi connectivity index (χ1n) is 6.48. The highest BCUT2D eigenvalue weighted by molar-refractivity contribution is 6.30. The molecule has 1 unspecified atom stereocenters. The molecule has 2 aromatic carbocycles. The van der Waals surface area contributed by atoms with Gasteiger partial charge in [-0.1, -0.05) is 35.9 Å². The first kappa shape index (κ1) is 14.9. The van der Waals surface area contributed by atoms with Crippen LogP contribution in [0.1, 0.15) is 22.7 Å². The van der Waals surface area contributed by atoms with Crippen molar-refractivity contribution >= 4 is 11.6 Å². The van der Waals surface area contributed by atoms with Crippen LogP contribution in [0.15, 0.2) is 42.5 Å². The monoisotopic (exact) mass is 291 g/mol. The van der Waals surface area contributed by atoms with Gasteiger partial charge in [-0.15, -0.1) is 0 Å². The normalized spacial score (nSPS) is 12.3. The van der Waals surface area contributed by atoms with Crippen molar-refractivity contribution in [2.75, 3.05) is 6.61 Å². The molecule has 0 radical (unpaired) electrons. The SMILES string of the molecule is Cc1ccccc1C(CO)NCc1cc(O)cc(Cl)c1. The van der Waals surface area contributed by atoms with E-state index in [4.69, 9.17) is 11.6 Å². The summed E-state index contributed by atoms with van der Waals surface area (Å²) < 4.78 is 0. The van der Waals surface area contributed by atoms with Crippen LogP contribution in [0.2, 0.25) is 5.02 Å². The molecule has 2 aromatic rings. The molecule has 0 spiro atoms. The second-order valence-corrected chi connectivity index (χ2v) is 5.23. The van der Waals surface area contributed by atoms with Gasteiger partial charge in [-0.2, -0.15) is 0 Å². The molecule has 3 nitrogen and oxygen atoms in total. The molecule has 0 bridgehead atoms. The van der Waals surface area contributed by atoms with E-state index >= 15 is 0 Å². The summed E-state index contributed by atoms with van der Waals surface area (Å²) in [6.07, 6.45) is 0. The lowest BCUT2D eigenvalue weighted by molar-refractivity contribution is 0.243. The molecule has 4 heteroatoms. The van der Waals surface area contributed by atoms with E-state index in [1.54, 1.807) is 12.1 Å². The summed E-state index contributed by atoms with van der Waals surface area (Å²) in [5, 5.41) is 22.8. The fourth-order valence-electron chi connectivity index (χ4n) is 2.23. The molecule has 2 rings (SSSR count). The number of nitrogens with one attached hydrogen (secondary N) is 1. The van der Waals surface area contributed by atoms with E-state index in [0.717, 1.165) is 16.7 Å². The van der Waals surface area contributed by atoms with Crippen LogP contribution in [0, 0.1) is 6.92 Å². The van der Waals surface area contributed by atoms with Crippen molar-refractivity contribution in [1.29, 1.82) is 0 Å². The number of phenols is 1. The maximum Gasteiger partial charge on any atom is 0.117 e. The van der Waals surface area contributed by atoms with E-state index in [2.05, 4.69) is 5.32 Å². The Bertz CT molecular complexity index is 566. The standard InChI is InChI=1S/C16H18ClNO2/c1-11-4-2-3-5-15(11)16(10-19)18-9-12-6-13(17)8-14(20)7-12/h2-8,16,18-20H,9-10H2,1H3. The molecule has 1 atom stereocenters. The van der Waals surface area contributed by atoms with Crippen molar-refractivity contribution in [2.45, 2.75) is 19.5 Å². The summed E-state index contributed by atoms with van der Waals surface area (Å²) in [4.78, 5) is 0. The Morgan fingerprint density at radius 3 is 2.60 bits per heavy atom. The second-order valence-electron chi connectivity index (χ2n) is 4.79. The third-order valence-electron chi connectivity index (χ3n) is 3.24. The maximum atomic E-state index is 9.55. The number of aryl methyl sites for hydroxylation is 1. The Kier molecular flexibility index (Phi) is 5.01. The molecule has 106 valence electrons. The number of aliphatic hydroxyl groups excluding tert-OH is 1. The lowest BCUT2D eigenvalue weighted by Crippen LogP contribution is -2.24. The van der Waals surface area contributed by atoms with Gasteiger partial charge < -0.3 is 15.5 Å². The minimum absolute atomic E-state index is 0.0113. The van der Waals surface area contributed by atoms with Crippen molar-refractivity contribution in [3.05, 3.63) is 64.2 Å². The highest BCUT2D eigenvalue weighted by atomic mass is 35.5. The van der Waals surface area contributed by atoms with Gasteiger partial charge in [0.1, 0.15) is 5.75 Å². The van der Waals surface area contributed by atoms with E-state index in [1.165, 1.54) is 6.07 Å². The summed E-state index contributed by atoms with van der Waals surface area (Å²) in [5.41, 5.74) is 3.08. The Morgan fingerprint density at radius 2 is 1.95 bits per heavy atom. The summed E-state index contributed by atoms with van der Waals surface area (Å²) in [7, 11) is 0. The number of phenolic OH excluding ortho intramolecular Hbond substituents is 1. The Labute approximate surface area is 123 Å². The third kappa shape index (κ3) is 3.73. The lowest BCUT2D eigenvalue weighted by Gasteiger charge is -2.19. The van der Waals surface area contributed by atoms with Crippen LogP contribution in [0.5, 0.6) is 5.75 Å². The predicted octanol–water partition coefficient (Wildman–Crippen LogP) is 3.18. The van der Waals surface area contributed by atoms with Gasteiger partial charge in [-0.3, -0.25) is 0 Å². The number of aromatic hydroxyl groups is 1. The van der Waals surface area contributed by atoms with E-state index in [-0.39, 0.29) is 18.4 Å². The van der Waals surface area contributed by atoms with Crippen molar-refractivity contribution in [1.82, 2.24) is 5.32 Å². The maximum absolute atomic E-state index is 9.55. The minimum Gasteiger partial charge on any atom is -0.508 e. The molecule has 0 aliphatic heterocycles. The number of hydrogen-bond donors (Lipinski definition) is 3. The number of aliphatic hydroxyl groups is 1. The third-order valence-corrected chi connectivity index (χ3v) is 3.46. The number of hydrogen-bond acceptors (Lipinski definition) is 3. The van der Waals surface area contributed by atoms with E-state index < -0.39 is 0 Å². The van der Waals surface area contributed by atoms with Crippen molar-refractivity contribution in [3.63, 3.8) is 0 Å². The molecule has 0 aromatic heterocycles. The molecular formula is C16H18ClNO2. The van der Waals surface area contributed by atoms with Crippen LogP contribution >= 0.6 is 11.6 Å². The first-order chi connectivity index (χ1) is 9.60. The van der Waals surface area contributed by atoms with Gasteiger partial charge in [0, 0.05) is 11.6 Å². The van der Waals surface area contributed by atoms with Gasteiger partial charge in [0.15, 0.2) is 0 Å². The van der Waals surface area contributed by atoms with E-state index in [1.807, 2.05) is 31.2 Å². The van der Waals surface area contributed by atoms with Crippen LogP contribution in [0.3, 0.4) is 0 Å². The summed E-state index contributed by atoms with van der Waals surface area (Å²) >= 11 is 5.90. The highest BCUT2D eigenvalue weighted by Crippen LogP contribution is 2.21. The number of rotatable bonds is 5. The van der Waals surface area contributed by atoms with Gasteiger partial charge in [-0.05, 0) is 41.8 Å². The first-order valence-corrected chi connectivity index (χ1v) is 6.86. The van der Waals surface area contributed by atoms with Crippen molar-refractivity contribution in [3.8, 4) is 5.75 Å². The average molecular weight is 292 g/mol.